The number of hydrogen-bond acceptors (Lipinski definition) is 5. The van der Waals surface area contributed by atoms with Crippen LogP contribution in [-0.2, 0) is 21.4 Å². The maximum absolute atomic E-state index is 13.5. The van der Waals surface area contributed by atoms with Gasteiger partial charge in [0.05, 0.1) is 17.2 Å². The number of carbonyl (C=O) groups is 1. The van der Waals surface area contributed by atoms with E-state index >= 15 is 0 Å². The van der Waals surface area contributed by atoms with E-state index in [2.05, 4.69) is 5.32 Å². The molecule has 0 saturated carbocycles. The quantitative estimate of drug-likeness (QED) is 0.473. The van der Waals surface area contributed by atoms with Crippen molar-refractivity contribution in [3.8, 4) is 5.75 Å². The standard InChI is InChI=1S/C25H28FN3O4S/c1-4-33-23-13-15-24(16-14-23)34(31,32)29(22-11-7-20(26)8-12-22)18-25(30)27-17-19-5-9-21(10-6-19)28(2)3/h5-16H,4,17-18H2,1-3H3,(H,27,30). The molecule has 0 aliphatic heterocycles. The summed E-state index contributed by atoms with van der Waals surface area (Å²) in [5, 5.41) is 2.76. The van der Waals surface area contributed by atoms with E-state index in [-0.39, 0.29) is 17.1 Å². The predicted molar refractivity (Wildman–Crippen MR) is 131 cm³/mol. The Morgan fingerprint density at radius 3 is 2.06 bits per heavy atom. The van der Waals surface area contributed by atoms with E-state index < -0.39 is 28.3 Å². The molecule has 0 bridgehead atoms. The Morgan fingerprint density at radius 2 is 1.50 bits per heavy atom. The topological polar surface area (TPSA) is 79.0 Å². The first-order chi connectivity index (χ1) is 16.2. The normalized spacial score (nSPS) is 11.1. The van der Waals surface area contributed by atoms with Crippen molar-refractivity contribution in [3.05, 3.63) is 84.2 Å². The van der Waals surface area contributed by atoms with Gasteiger partial charge in [0.15, 0.2) is 0 Å². The molecule has 9 heteroatoms. The minimum absolute atomic E-state index is 0.00708. The molecule has 0 atom stereocenters. The second-order valence-corrected chi connectivity index (χ2v) is 9.59. The molecule has 0 unspecified atom stereocenters. The zero-order valence-electron chi connectivity index (χ0n) is 19.4. The summed E-state index contributed by atoms with van der Waals surface area (Å²) in [7, 11) is -0.231. The summed E-state index contributed by atoms with van der Waals surface area (Å²) >= 11 is 0. The molecule has 1 amide bonds. The highest BCUT2D eigenvalue weighted by Crippen LogP contribution is 2.25. The average molecular weight is 486 g/mol. The van der Waals surface area contributed by atoms with Crippen molar-refractivity contribution in [1.29, 1.82) is 0 Å². The Bertz CT molecular complexity index is 1200. The second-order valence-electron chi connectivity index (χ2n) is 7.73. The molecule has 0 fully saturated rings. The number of hydrogen-bond donors (Lipinski definition) is 1. The molecule has 0 spiro atoms. The van der Waals surface area contributed by atoms with Gasteiger partial charge in [-0.3, -0.25) is 9.10 Å². The molecule has 0 heterocycles. The lowest BCUT2D eigenvalue weighted by molar-refractivity contribution is -0.119. The van der Waals surface area contributed by atoms with Gasteiger partial charge in [-0.05, 0) is 73.2 Å². The number of benzene rings is 3. The van der Waals surface area contributed by atoms with Gasteiger partial charge >= 0.3 is 0 Å². The maximum atomic E-state index is 13.5. The van der Waals surface area contributed by atoms with Gasteiger partial charge in [-0.15, -0.1) is 0 Å². The zero-order valence-corrected chi connectivity index (χ0v) is 20.2. The van der Waals surface area contributed by atoms with Gasteiger partial charge in [0, 0.05) is 26.3 Å². The van der Waals surface area contributed by atoms with Gasteiger partial charge in [-0.2, -0.15) is 0 Å². The molecule has 0 aliphatic carbocycles. The van der Waals surface area contributed by atoms with E-state index in [9.17, 15) is 17.6 Å². The highest BCUT2D eigenvalue weighted by atomic mass is 32.2. The first-order valence-corrected chi connectivity index (χ1v) is 12.2. The largest absolute Gasteiger partial charge is 0.494 e. The highest BCUT2D eigenvalue weighted by molar-refractivity contribution is 7.92. The number of amides is 1. The number of nitrogens with zero attached hydrogens (tertiary/aromatic N) is 2. The van der Waals surface area contributed by atoms with Gasteiger partial charge in [0.25, 0.3) is 10.0 Å². The summed E-state index contributed by atoms with van der Waals surface area (Å²) in [5.74, 6) is -0.462. The van der Waals surface area contributed by atoms with Crippen LogP contribution < -0.4 is 19.3 Å². The van der Waals surface area contributed by atoms with Crippen molar-refractivity contribution in [1.82, 2.24) is 5.32 Å². The molecule has 3 aromatic carbocycles. The van der Waals surface area contributed by atoms with Crippen LogP contribution >= 0.6 is 0 Å². The number of anilines is 2. The first kappa shape index (κ1) is 25.0. The molecule has 180 valence electrons. The Hall–Kier alpha value is -3.59. The number of sulfonamides is 1. The van der Waals surface area contributed by atoms with Crippen molar-refractivity contribution in [2.24, 2.45) is 0 Å². The van der Waals surface area contributed by atoms with Gasteiger partial charge < -0.3 is 15.0 Å². The number of halogens is 1. The van der Waals surface area contributed by atoms with Crippen molar-refractivity contribution in [2.45, 2.75) is 18.4 Å². The Balaban J connectivity index is 1.80. The number of rotatable bonds is 10. The van der Waals surface area contributed by atoms with E-state index in [0.29, 0.717) is 12.4 Å². The SMILES string of the molecule is CCOc1ccc(S(=O)(=O)N(CC(=O)NCc2ccc(N(C)C)cc2)c2ccc(F)cc2)cc1. The van der Waals surface area contributed by atoms with Crippen LogP contribution in [0.3, 0.4) is 0 Å². The molecular formula is C25H28FN3O4S. The lowest BCUT2D eigenvalue weighted by atomic mass is 10.2. The van der Waals surface area contributed by atoms with E-state index in [1.54, 1.807) is 12.1 Å². The van der Waals surface area contributed by atoms with Gasteiger partial charge in [0.2, 0.25) is 5.91 Å². The van der Waals surface area contributed by atoms with Gasteiger partial charge in [0.1, 0.15) is 18.1 Å². The van der Waals surface area contributed by atoms with Gasteiger partial charge in [-0.25, -0.2) is 12.8 Å². The smallest absolute Gasteiger partial charge is 0.264 e. The number of nitrogens with one attached hydrogen (secondary N) is 1. The van der Waals surface area contributed by atoms with Crippen LogP contribution in [0, 0.1) is 5.82 Å². The van der Waals surface area contributed by atoms with E-state index in [1.165, 1.54) is 24.3 Å². The molecule has 3 aromatic rings. The Labute approximate surface area is 199 Å². The minimum Gasteiger partial charge on any atom is -0.494 e. The zero-order chi connectivity index (χ0) is 24.7. The lowest BCUT2D eigenvalue weighted by Crippen LogP contribution is -2.40. The van der Waals surface area contributed by atoms with Crippen LogP contribution in [0.2, 0.25) is 0 Å². The van der Waals surface area contributed by atoms with Gasteiger partial charge in [-0.1, -0.05) is 12.1 Å². The molecule has 3 rings (SSSR count). The van der Waals surface area contributed by atoms with Crippen LogP contribution in [0.4, 0.5) is 15.8 Å². The first-order valence-electron chi connectivity index (χ1n) is 10.7. The summed E-state index contributed by atoms with van der Waals surface area (Å²) in [6, 6.07) is 18.6. The minimum atomic E-state index is -4.10. The molecule has 0 aliphatic rings. The third kappa shape index (κ3) is 6.26. The molecule has 0 aromatic heterocycles. The van der Waals surface area contributed by atoms with Crippen molar-refractivity contribution in [2.75, 3.05) is 36.5 Å². The Kier molecular flexibility index (Phi) is 8.12. The maximum Gasteiger partial charge on any atom is 0.264 e. The van der Waals surface area contributed by atoms with Crippen molar-refractivity contribution in [3.63, 3.8) is 0 Å². The second kappa shape index (κ2) is 11.0. The molecular weight excluding hydrogens is 457 g/mol. The fraction of sp³-hybridized carbons (Fsp3) is 0.240. The summed E-state index contributed by atoms with van der Waals surface area (Å²) in [6.07, 6.45) is 0. The number of carbonyl (C=O) groups excluding carboxylic acids is 1. The molecule has 0 radical (unpaired) electrons. The number of ether oxygens (including phenoxy) is 1. The summed E-state index contributed by atoms with van der Waals surface area (Å²) in [4.78, 5) is 14.7. The fourth-order valence-corrected chi connectivity index (χ4v) is 4.64. The average Bonchev–Trinajstić information content (AvgIpc) is 2.82. The summed E-state index contributed by atoms with van der Waals surface area (Å²) < 4.78 is 46.6. The third-order valence-electron chi connectivity index (χ3n) is 5.07. The van der Waals surface area contributed by atoms with Crippen LogP contribution in [0.5, 0.6) is 5.75 Å². The van der Waals surface area contributed by atoms with Crippen LogP contribution in [0.15, 0.2) is 77.7 Å². The molecule has 0 saturated heterocycles. The van der Waals surface area contributed by atoms with Crippen LogP contribution in [0.1, 0.15) is 12.5 Å². The van der Waals surface area contributed by atoms with E-state index in [0.717, 1.165) is 27.7 Å². The summed E-state index contributed by atoms with van der Waals surface area (Å²) in [5.41, 5.74) is 2.08. The molecule has 1 N–H and O–H groups in total. The van der Waals surface area contributed by atoms with Crippen molar-refractivity contribution >= 4 is 27.3 Å². The predicted octanol–water partition coefficient (Wildman–Crippen LogP) is 3.80. The lowest BCUT2D eigenvalue weighted by Gasteiger charge is -2.24. The van der Waals surface area contributed by atoms with E-state index in [1.807, 2.05) is 50.2 Å². The van der Waals surface area contributed by atoms with Crippen molar-refractivity contribution < 1.29 is 22.3 Å². The van der Waals surface area contributed by atoms with Crippen LogP contribution in [0.25, 0.3) is 0 Å². The Morgan fingerprint density at radius 1 is 0.912 bits per heavy atom. The summed E-state index contributed by atoms with van der Waals surface area (Å²) in [6.45, 7) is 2.06. The molecule has 34 heavy (non-hydrogen) atoms. The molecule has 7 nitrogen and oxygen atoms in total. The third-order valence-corrected chi connectivity index (χ3v) is 6.86. The fourth-order valence-electron chi connectivity index (χ4n) is 3.22. The van der Waals surface area contributed by atoms with Crippen LogP contribution in [-0.4, -0.2) is 41.6 Å². The monoisotopic (exact) mass is 485 g/mol. The van der Waals surface area contributed by atoms with E-state index in [4.69, 9.17) is 4.74 Å². The highest BCUT2D eigenvalue weighted by Gasteiger charge is 2.27.